The van der Waals surface area contributed by atoms with E-state index in [4.69, 9.17) is 46.4 Å². The van der Waals surface area contributed by atoms with E-state index >= 15 is 0 Å². The molecule has 1 N–H and O–H groups in total. The van der Waals surface area contributed by atoms with E-state index in [9.17, 15) is 9.59 Å². The van der Waals surface area contributed by atoms with Gasteiger partial charge >= 0.3 is 0 Å². The number of amides is 2. The number of rotatable bonds is 8. The van der Waals surface area contributed by atoms with Crippen molar-refractivity contribution in [2.45, 2.75) is 51.7 Å². The maximum Gasteiger partial charge on any atom is 0.243 e. The minimum Gasteiger partial charge on any atom is -0.350 e. The number of hydrogen-bond donors (Lipinski definition) is 1. The van der Waals surface area contributed by atoms with E-state index in [2.05, 4.69) is 5.32 Å². The van der Waals surface area contributed by atoms with E-state index in [-0.39, 0.29) is 24.8 Å². The highest BCUT2D eigenvalue weighted by Crippen LogP contribution is 2.28. The minimum absolute atomic E-state index is 0.0209. The first-order valence-corrected chi connectivity index (χ1v) is 13.0. The molecule has 0 spiro atoms. The van der Waals surface area contributed by atoms with Crippen molar-refractivity contribution < 1.29 is 9.59 Å². The van der Waals surface area contributed by atoms with Gasteiger partial charge in [-0.15, -0.1) is 0 Å². The van der Waals surface area contributed by atoms with Gasteiger partial charge in [-0.3, -0.25) is 9.59 Å². The zero-order valence-electron chi connectivity index (χ0n) is 20.3. The molecule has 0 heterocycles. The van der Waals surface area contributed by atoms with Crippen molar-refractivity contribution in [3.05, 3.63) is 104 Å². The van der Waals surface area contributed by atoms with E-state index in [1.807, 2.05) is 51.1 Å². The number of carbonyl (C=O) groups excluding carboxylic acids is 2. The molecule has 0 bridgehead atoms. The van der Waals surface area contributed by atoms with Crippen LogP contribution in [0.5, 0.6) is 0 Å². The molecule has 0 aromatic heterocycles. The second kappa shape index (κ2) is 12.3. The Bertz CT molecular complexity index is 1210. The predicted molar refractivity (Wildman–Crippen MR) is 149 cm³/mol. The second-order valence-corrected chi connectivity index (χ2v) is 11.2. The molecule has 8 heteroatoms. The van der Waals surface area contributed by atoms with E-state index in [1.54, 1.807) is 41.3 Å². The van der Waals surface area contributed by atoms with Crippen LogP contribution in [-0.2, 0) is 29.0 Å². The van der Waals surface area contributed by atoms with Crippen molar-refractivity contribution in [1.82, 2.24) is 10.2 Å². The molecule has 0 aliphatic heterocycles. The van der Waals surface area contributed by atoms with Crippen molar-refractivity contribution >= 4 is 58.2 Å². The molecule has 2 amide bonds. The first kappa shape index (κ1) is 28.3. The molecule has 3 rings (SSSR count). The van der Waals surface area contributed by atoms with Gasteiger partial charge in [0.2, 0.25) is 11.8 Å². The van der Waals surface area contributed by atoms with Gasteiger partial charge in [0, 0.05) is 34.1 Å². The number of carbonyl (C=O) groups is 2. The van der Waals surface area contributed by atoms with Crippen LogP contribution in [0.4, 0.5) is 0 Å². The standard InChI is InChI=1S/C28H28Cl4N2O2/c1-28(2,3)33-27(36)25(15-18-8-5-4-6-9-18)34(17-20-21(29)10-7-11-22(20)30)26(35)16-19-12-13-23(31)24(32)14-19/h4-14,25H,15-17H2,1-3H3,(H,33,36)/t25-/m1/s1. The first-order chi connectivity index (χ1) is 16.9. The summed E-state index contributed by atoms with van der Waals surface area (Å²) in [5.74, 6) is -0.536. The first-order valence-electron chi connectivity index (χ1n) is 11.5. The van der Waals surface area contributed by atoms with E-state index < -0.39 is 11.6 Å². The summed E-state index contributed by atoms with van der Waals surface area (Å²) in [6, 6.07) is 19.0. The molecule has 3 aromatic rings. The lowest BCUT2D eigenvalue weighted by Gasteiger charge is -2.34. The summed E-state index contributed by atoms with van der Waals surface area (Å²) in [5, 5.41) is 4.63. The van der Waals surface area contributed by atoms with Gasteiger partial charge in [0.1, 0.15) is 6.04 Å². The number of halogens is 4. The lowest BCUT2D eigenvalue weighted by atomic mass is 9.99. The van der Waals surface area contributed by atoms with E-state index in [1.165, 1.54) is 0 Å². The Morgan fingerprint density at radius 2 is 1.44 bits per heavy atom. The van der Waals surface area contributed by atoms with Crippen LogP contribution in [0, 0.1) is 0 Å². The lowest BCUT2D eigenvalue weighted by molar-refractivity contribution is -0.141. The molecule has 36 heavy (non-hydrogen) atoms. The average Bonchev–Trinajstić information content (AvgIpc) is 2.79. The summed E-state index contributed by atoms with van der Waals surface area (Å²) in [6.45, 7) is 5.76. The zero-order chi connectivity index (χ0) is 26.5. The summed E-state index contributed by atoms with van der Waals surface area (Å²) in [7, 11) is 0. The molecule has 3 aromatic carbocycles. The van der Waals surface area contributed by atoms with E-state index in [0.29, 0.717) is 37.6 Å². The molecular weight excluding hydrogens is 538 g/mol. The topological polar surface area (TPSA) is 49.4 Å². The van der Waals surface area contributed by atoms with Crippen LogP contribution in [0.2, 0.25) is 20.1 Å². The average molecular weight is 566 g/mol. The Kier molecular flexibility index (Phi) is 9.71. The summed E-state index contributed by atoms with van der Waals surface area (Å²) < 4.78 is 0. The number of benzene rings is 3. The fraction of sp³-hybridized carbons (Fsp3) is 0.286. The third-order valence-corrected chi connectivity index (χ3v) is 6.95. The van der Waals surface area contributed by atoms with Crippen LogP contribution in [0.3, 0.4) is 0 Å². The summed E-state index contributed by atoms with van der Waals surface area (Å²) in [5.41, 5.74) is 1.68. The van der Waals surface area contributed by atoms with Gasteiger partial charge < -0.3 is 10.2 Å². The van der Waals surface area contributed by atoms with Gasteiger partial charge in [-0.1, -0.05) is 88.9 Å². The molecule has 190 valence electrons. The highest BCUT2D eigenvalue weighted by molar-refractivity contribution is 6.42. The van der Waals surface area contributed by atoms with Gasteiger partial charge in [0.05, 0.1) is 16.5 Å². The molecule has 0 saturated carbocycles. The highest BCUT2D eigenvalue weighted by atomic mass is 35.5. The van der Waals surface area contributed by atoms with Crippen molar-refractivity contribution in [3.8, 4) is 0 Å². The maximum atomic E-state index is 13.8. The summed E-state index contributed by atoms with van der Waals surface area (Å²) in [4.78, 5) is 29.0. The molecule has 0 fully saturated rings. The largest absolute Gasteiger partial charge is 0.350 e. The Hall–Kier alpha value is -2.24. The normalized spacial score (nSPS) is 12.2. The Balaban J connectivity index is 2.05. The Morgan fingerprint density at radius 1 is 0.806 bits per heavy atom. The van der Waals surface area contributed by atoms with Crippen molar-refractivity contribution in [1.29, 1.82) is 0 Å². The molecule has 0 saturated heterocycles. The predicted octanol–water partition coefficient (Wildman–Crippen LogP) is 7.40. The third-order valence-electron chi connectivity index (χ3n) is 5.50. The van der Waals surface area contributed by atoms with Crippen LogP contribution in [0.1, 0.15) is 37.5 Å². The molecular formula is C28H28Cl4N2O2. The van der Waals surface area contributed by atoms with Gasteiger partial charge in [-0.05, 0) is 56.2 Å². The summed E-state index contributed by atoms with van der Waals surface area (Å²) >= 11 is 25.2. The SMILES string of the molecule is CC(C)(C)NC(=O)[C@@H](Cc1ccccc1)N(Cc1c(Cl)cccc1Cl)C(=O)Cc1ccc(Cl)c(Cl)c1. The molecule has 1 atom stereocenters. The second-order valence-electron chi connectivity index (χ2n) is 9.59. The Labute approximate surface area is 232 Å². The number of nitrogens with zero attached hydrogens (tertiary/aromatic N) is 1. The van der Waals surface area contributed by atoms with Crippen molar-refractivity contribution in [2.75, 3.05) is 0 Å². The zero-order valence-corrected chi connectivity index (χ0v) is 23.3. The van der Waals surface area contributed by atoms with Crippen LogP contribution >= 0.6 is 46.4 Å². The smallest absolute Gasteiger partial charge is 0.243 e. The van der Waals surface area contributed by atoms with Crippen LogP contribution in [0.15, 0.2) is 66.7 Å². The van der Waals surface area contributed by atoms with Gasteiger partial charge in [-0.25, -0.2) is 0 Å². The van der Waals surface area contributed by atoms with Crippen LogP contribution in [0.25, 0.3) is 0 Å². The maximum absolute atomic E-state index is 13.8. The van der Waals surface area contributed by atoms with Crippen molar-refractivity contribution in [2.24, 2.45) is 0 Å². The minimum atomic E-state index is -0.811. The third kappa shape index (κ3) is 7.88. The van der Waals surface area contributed by atoms with Gasteiger partial charge in [0.15, 0.2) is 0 Å². The van der Waals surface area contributed by atoms with Gasteiger partial charge in [0.25, 0.3) is 0 Å². The van der Waals surface area contributed by atoms with Crippen LogP contribution in [-0.4, -0.2) is 28.3 Å². The van der Waals surface area contributed by atoms with Crippen molar-refractivity contribution in [3.63, 3.8) is 0 Å². The highest BCUT2D eigenvalue weighted by Gasteiger charge is 2.33. The number of hydrogen-bond acceptors (Lipinski definition) is 2. The molecule has 0 unspecified atom stereocenters. The fourth-order valence-corrected chi connectivity index (χ4v) is 4.62. The monoisotopic (exact) mass is 564 g/mol. The van der Waals surface area contributed by atoms with E-state index in [0.717, 1.165) is 5.56 Å². The number of nitrogens with one attached hydrogen (secondary N) is 1. The Morgan fingerprint density at radius 3 is 2.03 bits per heavy atom. The lowest BCUT2D eigenvalue weighted by Crippen LogP contribution is -2.54. The fourth-order valence-electron chi connectivity index (χ4n) is 3.79. The summed E-state index contributed by atoms with van der Waals surface area (Å²) in [6.07, 6.45) is 0.338. The van der Waals surface area contributed by atoms with Crippen LogP contribution < -0.4 is 5.32 Å². The quantitative estimate of drug-likeness (QED) is 0.309. The molecule has 0 radical (unpaired) electrons. The molecule has 0 aliphatic carbocycles. The molecule has 0 aliphatic rings. The van der Waals surface area contributed by atoms with Gasteiger partial charge in [-0.2, -0.15) is 0 Å². The molecule has 4 nitrogen and oxygen atoms in total.